The number of fused-ring (bicyclic) bond motifs is 2. The predicted molar refractivity (Wildman–Crippen MR) is 166 cm³/mol. The topological polar surface area (TPSA) is 100 Å². The summed E-state index contributed by atoms with van der Waals surface area (Å²) < 4.78 is 24.3. The van der Waals surface area contributed by atoms with Crippen LogP contribution in [-0.4, -0.2) is 44.7 Å². The van der Waals surface area contributed by atoms with Crippen LogP contribution in [-0.2, 0) is 30.3 Å². The van der Waals surface area contributed by atoms with Gasteiger partial charge < -0.3 is 23.7 Å². The van der Waals surface area contributed by atoms with Crippen LogP contribution in [0.25, 0.3) is 0 Å². The van der Waals surface area contributed by atoms with Gasteiger partial charge in [0.1, 0.15) is 12.7 Å². The Morgan fingerprint density at radius 1 is 0.952 bits per heavy atom. The minimum absolute atomic E-state index is 0.0432. The molecule has 226 valence electrons. The lowest BCUT2D eigenvalue weighted by molar-refractivity contribution is -0.532. The summed E-state index contributed by atoms with van der Waals surface area (Å²) in [6.45, 7) is 12.8. The molecule has 3 aromatic carbocycles. The van der Waals surface area contributed by atoms with E-state index in [0.717, 1.165) is 27.8 Å². The van der Waals surface area contributed by atoms with Crippen molar-refractivity contribution < 1.29 is 28.7 Å². The van der Waals surface area contributed by atoms with Crippen molar-refractivity contribution in [2.24, 2.45) is 0 Å². The van der Waals surface area contributed by atoms with Gasteiger partial charge in [0.2, 0.25) is 6.04 Å². The van der Waals surface area contributed by atoms with Gasteiger partial charge in [-0.05, 0) is 83.1 Å². The third-order valence-electron chi connectivity index (χ3n) is 8.84. The lowest BCUT2D eigenvalue weighted by Crippen LogP contribution is -2.50. The molecule has 0 unspecified atom stereocenters. The van der Waals surface area contributed by atoms with E-state index in [4.69, 9.17) is 18.6 Å². The summed E-state index contributed by atoms with van der Waals surface area (Å²) in [4.78, 5) is 12.6. The number of nitro groups is 1. The molecule has 0 saturated carbocycles. The van der Waals surface area contributed by atoms with Gasteiger partial charge >= 0.3 is 0 Å². The second-order valence-electron chi connectivity index (χ2n) is 12.6. The van der Waals surface area contributed by atoms with Crippen LogP contribution in [0.5, 0.6) is 23.0 Å². The highest BCUT2D eigenvalue weighted by molar-refractivity contribution is 6.74. The molecule has 3 aromatic rings. The fourth-order valence-electron chi connectivity index (χ4n) is 5.27. The number of hydrogen-bond donors (Lipinski definition) is 1. The van der Waals surface area contributed by atoms with Gasteiger partial charge in [0.25, 0.3) is 0 Å². The molecule has 9 heteroatoms. The quantitative estimate of drug-likeness (QED) is 0.170. The van der Waals surface area contributed by atoms with E-state index >= 15 is 0 Å². The lowest BCUT2D eigenvalue weighted by atomic mass is 9.91. The molecule has 1 aliphatic rings. The van der Waals surface area contributed by atoms with Gasteiger partial charge in [0.05, 0.1) is 14.2 Å². The monoisotopic (exact) mass is 593 g/mol. The van der Waals surface area contributed by atoms with E-state index in [0.29, 0.717) is 42.3 Å². The predicted octanol–water partition coefficient (Wildman–Crippen LogP) is 7.02. The van der Waals surface area contributed by atoms with Crippen LogP contribution in [0.1, 0.15) is 54.2 Å². The molecule has 0 aromatic heterocycles. The molecule has 2 atom stereocenters. The molecule has 1 aliphatic carbocycles. The zero-order valence-corrected chi connectivity index (χ0v) is 26.9. The first-order valence-corrected chi connectivity index (χ1v) is 17.2. The summed E-state index contributed by atoms with van der Waals surface area (Å²) in [6, 6.07) is 14.5. The minimum Gasteiger partial charge on any atom is -0.504 e. The minimum atomic E-state index is -2.41. The second-order valence-corrected chi connectivity index (χ2v) is 17.3. The molecule has 0 heterocycles. The highest BCUT2D eigenvalue weighted by Gasteiger charge is 2.45. The van der Waals surface area contributed by atoms with E-state index in [1.165, 1.54) is 7.11 Å². The molecule has 42 heavy (non-hydrogen) atoms. The average Bonchev–Trinajstić information content (AvgIpc) is 2.99. The van der Waals surface area contributed by atoms with Gasteiger partial charge in [0, 0.05) is 17.8 Å². The maximum absolute atomic E-state index is 12.8. The Bertz CT molecular complexity index is 1430. The summed E-state index contributed by atoms with van der Waals surface area (Å²) in [6.07, 6.45) is 0.255. The van der Waals surface area contributed by atoms with Crippen LogP contribution in [0.2, 0.25) is 18.1 Å². The van der Waals surface area contributed by atoms with E-state index in [1.807, 2.05) is 55.5 Å². The van der Waals surface area contributed by atoms with Crippen molar-refractivity contribution in [1.82, 2.24) is 0 Å². The average molecular weight is 594 g/mol. The normalized spacial score (nSPS) is 17.2. The third-order valence-corrected chi connectivity index (χ3v) is 13.3. The van der Waals surface area contributed by atoms with Gasteiger partial charge in [0.15, 0.2) is 31.3 Å². The Labute approximate surface area is 249 Å². The fraction of sp³-hybridized carbons (Fsp3) is 0.455. The van der Waals surface area contributed by atoms with Crippen LogP contribution < -0.4 is 14.2 Å². The van der Waals surface area contributed by atoms with Gasteiger partial charge in [-0.1, -0.05) is 51.1 Å². The van der Waals surface area contributed by atoms with Gasteiger partial charge in [-0.25, -0.2) is 0 Å². The van der Waals surface area contributed by atoms with E-state index in [9.17, 15) is 15.2 Å². The van der Waals surface area contributed by atoms with Crippen molar-refractivity contribution in [3.05, 3.63) is 92.0 Å². The van der Waals surface area contributed by atoms with E-state index < -0.39 is 20.5 Å². The van der Waals surface area contributed by atoms with Crippen molar-refractivity contribution >= 4 is 8.32 Å². The SMILES string of the molecule is COc1cc2c(cc1OCc1ccccc1)C[C@H]([N+](=O)[O-])[C@H](O[Si](C)(C)C(C)(C)C)Cc1c(cc(OC)c(O)c1C)C2. The van der Waals surface area contributed by atoms with Crippen LogP contribution >= 0.6 is 0 Å². The molecule has 0 saturated heterocycles. The molecule has 8 nitrogen and oxygen atoms in total. The number of methoxy groups -OCH3 is 2. The summed E-state index contributed by atoms with van der Waals surface area (Å²) >= 11 is 0. The molecule has 4 rings (SSSR count). The standard InChI is InChI=1S/C33H43NO7Si/c1-21-26-19-28(41-42(7,8)33(2,3)4)27(34(36)37)15-24-17-30(40-20-22-12-10-9-11-13-22)29(38-5)16-23(24)14-25(26)18-31(39-6)32(21)35/h9-13,16-18,27-28,35H,14-15,19-20H2,1-8H3/t27-,28+/m0/s1. The van der Waals surface area contributed by atoms with Gasteiger partial charge in [-0.2, -0.15) is 0 Å². The number of nitrogens with zero attached hydrogens (tertiary/aromatic N) is 1. The number of rotatable bonds is 8. The van der Waals surface area contributed by atoms with Gasteiger partial charge in [-0.15, -0.1) is 0 Å². The highest BCUT2D eigenvalue weighted by Crippen LogP contribution is 2.42. The Hall–Kier alpha value is -3.56. The van der Waals surface area contributed by atoms with Crippen molar-refractivity contribution in [3.63, 3.8) is 0 Å². The Balaban J connectivity index is 1.89. The molecule has 0 amide bonds. The lowest BCUT2D eigenvalue weighted by Gasteiger charge is -2.40. The van der Waals surface area contributed by atoms with Crippen LogP contribution in [0.15, 0.2) is 48.5 Å². The zero-order chi connectivity index (χ0) is 30.8. The molecule has 1 N–H and O–H groups in total. The molecule has 0 radical (unpaired) electrons. The summed E-state index contributed by atoms with van der Waals surface area (Å²) in [5.41, 5.74) is 5.13. The first kappa shape index (κ1) is 31.4. The zero-order valence-electron chi connectivity index (χ0n) is 25.9. The molecule has 0 spiro atoms. The Kier molecular flexibility index (Phi) is 9.23. The number of phenols is 1. The first-order valence-electron chi connectivity index (χ1n) is 14.3. The van der Waals surface area contributed by atoms with E-state index in [-0.39, 0.29) is 22.1 Å². The van der Waals surface area contributed by atoms with Crippen molar-refractivity contribution in [2.45, 2.75) is 83.8 Å². The van der Waals surface area contributed by atoms with Crippen LogP contribution in [0.3, 0.4) is 0 Å². The maximum Gasteiger partial charge on any atom is 0.241 e. The first-order chi connectivity index (χ1) is 19.8. The molecule has 0 bridgehead atoms. The van der Waals surface area contributed by atoms with Crippen LogP contribution in [0, 0.1) is 17.0 Å². The Morgan fingerprint density at radius 3 is 2.17 bits per heavy atom. The highest BCUT2D eigenvalue weighted by atomic mass is 28.4. The van der Waals surface area contributed by atoms with Gasteiger partial charge in [-0.3, -0.25) is 10.1 Å². The molecular weight excluding hydrogens is 550 g/mol. The number of phenolic OH excluding ortho intramolecular Hbond substituents is 1. The number of hydrogen-bond acceptors (Lipinski definition) is 7. The van der Waals surface area contributed by atoms with Crippen LogP contribution in [0.4, 0.5) is 0 Å². The van der Waals surface area contributed by atoms with Crippen molar-refractivity contribution in [1.29, 1.82) is 0 Å². The number of benzene rings is 3. The number of aromatic hydroxyl groups is 1. The molecule has 0 aliphatic heterocycles. The maximum atomic E-state index is 12.8. The summed E-state index contributed by atoms with van der Waals surface area (Å²) in [7, 11) is 0.706. The third kappa shape index (κ3) is 6.57. The summed E-state index contributed by atoms with van der Waals surface area (Å²) in [5.74, 6) is 1.50. The van der Waals surface area contributed by atoms with E-state index in [1.54, 1.807) is 7.11 Å². The second kappa shape index (κ2) is 12.4. The molecular formula is C33H43NO7Si. The number of ether oxygens (including phenoxy) is 3. The summed E-state index contributed by atoms with van der Waals surface area (Å²) in [5, 5.41) is 23.6. The van der Waals surface area contributed by atoms with Crippen molar-refractivity contribution in [3.8, 4) is 23.0 Å². The molecule has 0 fully saturated rings. The smallest absolute Gasteiger partial charge is 0.241 e. The Morgan fingerprint density at radius 2 is 1.57 bits per heavy atom. The van der Waals surface area contributed by atoms with E-state index in [2.05, 4.69) is 33.9 Å². The largest absolute Gasteiger partial charge is 0.504 e. The fourth-order valence-corrected chi connectivity index (χ4v) is 6.62. The van der Waals surface area contributed by atoms with Crippen molar-refractivity contribution in [2.75, 3.05) is 14.2 Å².